The van der Waals surface area contributed by atoms with Crippen molar-refractivity contribution in [1.82, 2.24) is 0 Å². The van der Waals surface area contributed by atoms with Crippen molar-refractivity contribution in [2.45, 2.75) is 113 Å². The van der Waals surface area contributed by atoms with Crippen molar-refractivity contribution in [1.29, 1.82) is 0 Å². The molecule has 16 unspecified atom stereocenters. The van der Waals surface area contributed by atoms with Crippen LogP contribution in [0.25, 0.3) is 0 Å². The summed E-state index contributed by atoms with van der Waals surface area (Å²) in [5, 5.41) is 25.9. The molecule has 1 spiro atoms. The maximum Gasteiger partial charge on any atom is 0.366 e. The summed E-state index contributed by atoms with van der Waals surface area (Å²) >= 11 is 0. The van der Waals surface area contributed by atoms with Gasteiger partial charge in [-0.05, 0) is 27.2 Å². The Labute approximate surface area is 300 Å². The fraction of sp³-hybridized carbons (Fsp3) is 0.833. The van der Waals surface area contributed by atoms with E-state index in [1.165, 1.54) is 28.3 Å². The first-order valence-electron chi connectivity index (χ1n) is 17.9. The van der Waals surface area contributed by atoms with Gasteiger partial charge in [0.1, 0.15) is 34.4 Å². The third kappa shape index (κ3) is 3.71. The van der Waals surface area contributed by atoms with Crippen LogP contribution in [0.1, 0.15) is 53.9 Å². The fourth-order valence-corrected chi connectivity index (χ4v) is 12.8. The van der Waals surface area contributed by atoms with Crippen LogP contribution in [0.5, 0.6) is 0 Å². The third-order valence-electron chi connectivity index (χ3n) is 14.8. The summed E-state index contributed by atoms with van der Waals surface area (Å²) in [5.41, 5.74) is -9.75. The van der Waals surface area contributed by atoms with E-state index in [4.69, 9.17) is 47.4 Å². The second-order valence-corrected chi connectivity index (χ2v) is 16.2. The largest absolute Gasteiger partial charge is 0.468 e. The van der Waals surface area contributed by atoms with Gasteiger partial charge in [-0.1, -0.05) is 13.0 Å². The van der Waals surface area contributed by atoms with Crippen molar-refractivity contribution in [3.8, 4) is 0 Å². The number of hydrogen-bond donors (Lipinski definition) is 2. The van der Waals surface area contributed by atoms with Gasteiger partial charge in [-0.25, -0.2) is 9.59 Å². The van der Waals surface area contributed by atoms with Gasteiger partial charge in [-0.3, -0.25) is 9.59 Å². The summed E-state index contributed by atoms with van der Waals surface area (Å²) in [4.78, 5) is 55.2. The fourth-order valence-electron chi connectivity index (χ4n) is 12.8. The van der Waals surface area contributed by atoms with E-state index in [2.05, 4.69) is 0 Å². The van der Waals surface area contributed by atoms with Crippen LogP contribution < -0.4 is 0 Å². The molecule has 8 rings (SSSR count). The first-order chi connectivity index (χ1) is 24.5. The van der Waals surface area contributed by atoms with Gasteiger partial charge >= 0.3 is 23.9 Å². The highest BCUT2D eigenvalue weighted by Crippen LogP contribution is 2.81. The highest BCUT2D eigenvalue weighted by molar-refractivity contribution is 5.88. The molecule has 8 fully saturated rings. The molecular formula is C36H48O16. The molecule has 0 aromatic rings. The van der Waals surface area contributed by atoms with Crippen LogP contribution in [0.4, 0.5) is 0 Å². The molecule has 3 saturated carbocycles. The Morgan fingerprint density at radius 2 is 1.62 bits per heavy atom. The van der Waals surface area contributed by atoms with E-state index in [1.54, 1.807) is 33.8 Å². The SMILES string of the molecule is CC=C(C)C(=O)OC1CC(OC(C)=O)C2(C(=O)OC)COC3C2C12COC(OC)(C(=O)OC)C2C1(C)C3OC2(C)C3CC(OC4OCCC43O)C21O. The van der Waals surface area contributed by atoms with Crippen LogP contribution in [0.15, 0.2) is 11.6 Å². The first kappa shape index (κ1) is 36.3. The molecular weight excluding hydrogens is 688 g/mol. The number of fused-ring (bicyclic) bond motifs is 11. The molecule has 0 radical (unpaired) electrons. The Hall–Kier alpha value is -2.70. The number of aliphatic hydroxyl groups is 2. The number of allylic oxidation sites excluding steroid dienone is 1. The highest BCUT2D eigenvalue weighted by atomic mass is 16.7. The Morgan fingerprint density at radius 1 is 0.904 bits per heavy atom. The molecule has 0 aromatic carbocycles. The lowest BCUT2D eigenvalue weighted by atomic mass is 9.37. The smallest absolute Gasteiger partial charge is 0.366 e. The van der Waals surface area contributed by atoms with Crippen LogP contribution >= 0.6 is 0 Å². The third-order valence-corrected chi connectivity index (χ3v) is 14.8. The Balaban J connectivity index is 1.43. The van der Waals surface area contributed by atoms with E-state index >= 15 is 0 Å². The van der Waals surface area contributed by atoms with E-state index in [-0.39, 0.29) is 44.7 Å². The number of methoxy groups -OCH3 is 3. The van der Waals surface area contributed by atoms with Crippen LogP contribution in [-0.4, -0.2) is 135 Å². The van der Waals surface area contributed by atoms with Gasteiger partial charge in [-0.2, -0.15) is 0 Å². The average Bonchev–Trinajstić information content (AvgIpc) is 3.89. The normalized spacial score (nSPS) is 53.6. The molecule has 5 aliphatic heterocycles. The number of rotatable bonds is 6. The first-order valence-corrected chi connectivity index (χ1v) is 17.9. The quantitative estimate of drug-likeness (QED) is 0.214. The van der Waals surface area contributed by atoms with Crippen LogP contribution in [0.2, 0.25) is 0 Å². The Kier molecular flexibility index (Phi) is 7.80. The molecule has 2 N–H and O–H groups in total. The summed E-state index contributed by atoms with van der Waals surface area (Å²) < 4.78 is 61.9. The Bertz CT molecular complexity index is 1630. The van der Waals surface area contributed by atoms with Gasteiger partial charge in [0.25, 0.3) is 5.79 Å². The minimum absolute atomic E-state index is 0.193. The summed E-state index contributed by atoms with van der Waals surface area (Å²) in [6, 6.07) is 0. The van der Waals surface area contributed by atoms with Crippen molar-refractivity contribution in [3.63, 3.8) is 0 Å². The number of carbonyl (C=O) groups excluding carboxylic acids is 4. The number of ether oxygens (including phenoxy) is 10. The van der Waals surface area contributed by atoms with Gasteiger partial charge in [0.05, 0.1) is 52.4 Å². The summed E-state index contributed by atoms with van der Waals surface area (Å²) in [7, 11) is 3.67. The predicted molar refractivity (Wildman–Crippen MR) is 169 cm³/mol. The molecule has 5 saturated heterocycles. The van der Waals surface area contributed by atoms with Crippen LogP contribution in [-0.2, 0) is 66.5 Å². The molecule has 0 amide bonds. The van der Waals surface area contributed by atoms with E-state index in [0.717, 1.165) is 0 Å². The van der Waals surface area contributed by atoms with E-state index in [0.29, 0.717) is 0 Å². The zero-order valence-corrected chi connectivity index (χ0v) is 30.6. The van der Waals surface area contributed by atoms with Gasteiger partial charge in [0.2, 0.25) is 0 Å². The molecule has 8 aliphatic rings. The molecule has 16 atom stereocenters. The molecule has 2 bridgehead atoms. The van der Waals surface area contributed by atoms with Gasteiger partial charge in [0, 0.05) is 61.0 Å². The standard InChI is InChI=1S/C36H48O16/c1-9-16(2)25(38)50-19-13-20(49-17(3)37)33(27(39)43-6)14-47-22-23(33)32(19)15-48-35(45-8,28(40)44-7)26(32)30(4)24(22)52-31(5)18-12-21(36(30,31)42)51-29-34(18,41)10-11-46-29/h9,18-24,26,29,41-42H,10-15H2,1-8H3. The molecule has 3 aliphatic carbocycles. The number of esters is 4. The number of hydrogen-bond acceptors (Lipinski definition) is 16. The van der Waals surface area contributed by atoms with Gasteiger partial charge < -0.3 is 57.6 Å². The van der Waals surface area contributed by atoms with E-state index in [1.807, 2.05) is 0 Å². The minimum Gasteiger partial charge on any atom is -0.468 e. The molecule has 16 nitrogen and oxygen atoms in total. The molecule has 52 heavy (non-hydrogen) atoms. The monoisotopic (exact) mass is 736 g/mol. The molecule has 0 aromatic heterocycles. The zero-order chi connectivity index (χ0) is 37.6. The van der Waals surface area contributed by atoms with Crippen LogP contribution in [0.3, 0.4) is 0 Å². The van der Waals surface area contributed by atoms with Gasteiger partial charge in [0.15, 0.2) is 6.29 Å². The van der Waals surface area contributed by atoms with Crippen molar-refractivity contribution >= 4 is 23.9 Å². The number of carbonyl (C=O) groups is 4. The maximum atomic E-state index is 14.4. The second kappa shape index (κ2) is 11.2. The summed E-state index contributed by atoms with van der Waals surface area (Å²) in [6.45, 7) is 7.53. The van der Waals surface area contributed by atoms with E-state index < -0.39 is 117 Å². The second-order valence-electron chi connectivity index (χ2n) is 16.2. The lowest BCUT2D eigenvalue weighted by molar-refractivity contribution is -0.319. The minimum atomic E-state index is -2.27. The van der Waals surface area contributed by atoms with Crippen molar-refractivity contribution in [2.24, 2.45) is 34.0 Å². The summed E-state index contributed by atoms with van der Waals surface area (Å²) in [6.07, 6.45) is -4.88. The Morgan fingerprint density at radius 3 is 2.25 bits per heavy atom. The topological polar surface area (TPSA) is 201 Å². The highest BCUT2D eigenvalue weighted by Gasteiger charge is 2.95. The molecule has 288 valence electrons. The lowest BCUT2D eigenvalue weighted by Gasteiger charge is -2.65. The molecule has 16 heteroatoms. The van der Waals surface area contributed by atoms with Gasteiger partial charge in [-0.15, -0.1) is 0 Å². The predicted octanol–water partition coefficient (Wildman–Crippen LogP) is 0.327. The van der Waals surface area contributed by atoms with Crippen molar-refractivity contribution in [2.75, 3.05) is 41.2 Å². The van der Waals surface area contributed by atoms with Crippen LogP contribution in [0, 0.1) is 34.0 Å². The maximum absolute atomic E-state index is 14.4. The lowest BCUT2D eigenvalue weighted by Crippen LogP contribution is -2.79. The summed E-state index contributed by atoms with van der Waals surface area (Å²) in [5.74, 6) is -8.43. The molecule has 5 heterocycles. The van der Waals surface area contributed by atoms with Crippen molar-refractivity contribution in [3.05, 3.63) is 11.6 Å². The average molecular weight is 737 g/mol. The van der Waals surface area contributed by atoms with E-state index in [9.17, 15) is 29.4 Å². The van der Waals surface area contributed by atoms with Crippen molar-refractivity contribution < 1.29 is 76.8 Å². The zero-order valence-electron chi connectivity index (χ0n) is 30.6.